The third-order valence-electron chi connectivity index (χ3n) is 3.33. The molecular weight excluding hydrogens is 292 g/mol. The highest BCUT2D eigenvalue weighted by atomic mass is 16.5. The van der Waals surface area contributed by atoms with Crippen molar-refractivity contribution < 1.29 is 14.3 Å². The van der Waals surface area contributed by atoms with Crippen molar-refractivity contribution in [3.05, 3.63) is 59.9 Å². The molecule has 0 aliphatic rings. The standard InChI is InChI=1S/C18H20N2O3/c1-2-6-15(12-21)20-18(22)16-8-3-4-9-17(16)23-13-14-7-5-10-19-11-14/h3-5,7-12,15H,2,6,13H2,1H3,(H,20,22). The Morgan fingerprint density at radius 2 is 2.13 bits per heavy atom. The van der Waals surface area contributed by atoms with Gasteiger partial charge in [-0.25, -0.2) is 0 Å². The summed E-state index contributed by atoms with van der Waals surface area (Å²) in [4.78, 5) is 27.4. The molecular formula is C18H20N2O3. The average Bonchev–Trinajstić information content (AvgIpc) is 2.60. The monoisotopic (exact) mass is 312 g/mol. The van der Waals surface area contributed by atoms with Gasteiger partial charge >= 0.3 is 0 Å². The summed E-state index contributed by atoms with van der Waals surface area (Å²) in [5.74, 6) is 0.173. The summed E-state index contributed by atoms with van der Waals surface area (Å²) < 4.78 is 5.73. The fourth-order valence-electron chi connectivity index (χ4n) is 2.16. The van der Waals surface area contributed by atoms with E-state index in [-0.39, 0.29) is 5.91 Å². The summed E-state index contributed by atoms with van der Waals surface area (Å²) in [6, 6.07) is 10.2. The minimum Gasteiger partial charge on any atom is -0.488 e. The molecule has 0 saturated heterocycles. The number of pyridine rings is 1. The van der Waals surface area contributed by atoms with Gasteiger partial charge in [-0.3, -0.25) is 9.78 Å². The molecule has 0 fully saturated rings. The molecule has 5 heteroatoms. The smallest absolute Gasteiger partial charge is 0.255 e. The van der Waals surface area contributed by atoms with Crippen molar-refractivity contribution in [3.8, 4) is 5.75 Å². The highest BCUT2D eigenvalue weighted by Gasteiger charge is 2.16. The zero-order valence-corrected chi connectivity index (χ0v) is 13.1. The number of benzene rings is 1. The summed E-state index contributed by atoms with van der Waals surface area (Å²) >= 11 is 0. The molecule has 0 aliphatic carbocycles. The molecule has 1 atom stereocenters. The van der Waals surface area contributed by atoms with Crippen molar-refractivity contribution in [1.29, 1.82) is 0 Å². The van der Waals surface area contributed by atoms with Gasteiger partial charge in [0.25, 0.3) is 5.91 Å². The molecule has 0 bridgehead atoms. The van der Waals surface area contributed by atoms with Crippen molar-refractivity contribution in [3.63, 3.8) is 0 Å². The Hall–Kier alpha value is -2.69. The van der Waals surface area contributed by atoms with E-state index in [1.807, 2.05) is 19.1 Å². The topological polar surface area (TPSA) is 68.3 Å². The van der Waals surface area contributed by atoms with Crippen LogP contribution >= 0.6 is 0 Å². The Morgan fingerprint density at radius 1 is 1.30 bits per heavy atom. The first-order valence-electron chi connectivity index (χ1n) is 7.61. The number of aldehydes is 1. The van der Waals surface area contributed by atoms with Gasteiger partial charge in [-0.05, 0) is 24.6 Å². The van der Waals surface area contributed by atoms with Crippen molar-refractivity contribution >= 4 is 12.2 Å². The molecule has 1 amide bonds. The van der Waals surface area contributed by atoms with E-state index in [4.69, 9.17) is 4.74 Å². The van der Waals surface area contributed by atoms with Crippen molar-refractivity contribution in [2.24, 2.45) is 0 Å². The predicted molar refractivity (Wildman–Crippen MR) is 87.2 cm³/mol. The zero-order valence-electron chi connectivity index (χ0n) is 13.1. The lowest BCUT2D eigenvalue weighted by atomic mass is 10.1. The Balaban J connectivity index is 2.07. The minimum atomic E-state index is -0.473. The van der Waals surface area contributed by atoms with Crippen LogP contribution in [0.5, 0.6) is 5.75 Å². The Morgan fingerprint density at radius 3 is 2.83 bits per heavy atom. The Labute approximate surface area is 135 Å². The molecule has 1 aromatic heterocycles. The molecule has 2 aromatic rings. The van der Waals surface area contributed by atoms with Crippen LogP contribution in [-0.2, 0) is 11.4 Å². The maximum Gasteiger partial charge on any atom is 0.255 e. The first kappa shape index (κ1) is 16.7. The van der Waals surface area contributed by atoms with Crippen molar-refractivity contribution in [1.82, 2.24) is 10.3 Å². The molecule has 0 radical (unpaired) electrons. The number of nitrogens with zero attached hydrogens (tertiary/aromatic N) is 1. The number of rotatable bonds is 8. The van der Waals surface area contributed by atoms with E-state index in [0.29, 0.717) is 24.3 Å². The fraction of sp³-hybridized carbons (Fsp3) is 0.278. The third-order valence-corrected chi connectivity index (χ3v) is 3.33. The van der Waals surface area contributed by atoms with Crippen LogP contribution in [0.4, 0.5) is 0 Å². The number of hydrogen-bond acceptors (Lipinski definition) is 4. The number of ether oxygens (including phenoxy) is 1. The van der Waals surface area contributed by atoms with Crippen LogP contribution < -0.4 is 10.1 Å². The molecule has 0 aliphatic heterocycles. The average molecular weight is 312 g/mol. The summed E-state index contributed by atoms with van der Waals surface area (Å²) in [5.41, 5.74) is 1.33. The largest absolute Gasteiger partial charge is 0.488 e. The predicted octanol–water partition coefficient (Wildman–Crippen LogP) is 2.76. The molecule has 5 nitrogen and oxygen atoms in total. The van der Waals surface area contributed by atoms with Gasteiger partial charge in [0.2, 0.25) is 0 Å². The molecule has 1 heterocycles. The maximum absolute atomic E-state index is 12.4. The molecule has 1 unspecified atom stereocenters. The molecule has 120 valence electrons. The van der Waals surface area contributed by atoms with Gasteiger partial charge < -0.3 is 14.8 Å². The zero-order chi connectivity index (χ0) is 16.5. The summed E-state index contributed by atoms with van der Waals surface area (Å²) in [5, 5.41) is 2.72. The van der Waals surface area contributed by atoms with E-state index >= 15 is 0 Å². The number of aromatic nitrogens is 1. The van der Waals surface area contributed by atoms with Crippen LogP contribution in [0.3, 0.4) is 0 Å². The van der Waals surface area contributed by atoms with Gasteiger partial charge in [-0.15, -0.1) is 0 Å². The minimum absolute atomic E-state index is 0.308. The van der Waals surface area contributed by atoms with Gasteiger partial charge in [0.05, 0.1) is 11.6 Å². The molecule has 1 aromatic carbocycles. The SMILES string of the molecule is CCCC(C=O)NC(=O)c1ccccc1OCc1cccnc1. The lowest BCUT2D eigenvalue weighted by Crippen LogP contribution is -2.36. The van der Waals surface area contributed by atoms with Crippen LogP contribution in [-0.4, -0.2) is 23.2 Å². The van der Waals surface area contributed by atoms with E-state index in [0.717, 1.165) is 18.3 Å². The molecule has 1 N–H and O–H groups in total. The van der Waals surface area contributed by atoms with Gasteiger partial charge in [-0.1, -0.05) is 31.5 Å². The second-order valence-electron chi connectivity index (χ2n) is 5.15. The number of amides is 1. The summed E-state index contributed by atoms with van der Waals surface area (Å²) in [6.45, 7) is 2.29. The van der Waals surface area contributed by atoms with Crippen LogP contribution in [0.2, 0.25) is 0 Å². The summed E-state index contributed by atoms with van der Waals surface area (Å²) in [7, 11) is 0. The second-order valence-corrected chi connectivity index (χ2v) is 5.15. The normalized spacial score (nSPS) is 11.5. The lowest BCUT2D eigenvalue weighted by Gasteiger charge is -2.14. The second kappa shape index (κ2) is 8.68. The first-order chi connectivity index (χ1) is 11.2. The van der Waals surface area contributed by atoms with Crippen LogP contribution in [0.1, 0.15) is 35.7 Å². The Bertz CT molecular complexity index is 644. The summed E-state index contributed by atoms with van der Waals surface area (Å²) in [6.07, 6.45) is 5.61. The third kappa shape index (κ3) is 4.92. The number of carbonyl (C=O) groups excluding carboxylic acids is 2. The van der Waals surface area contributed by atoms with Crippen LogP contribution in [0.25, 0.3) is 0 Å². The Kier molecular flexibility index (Phi) is 6.29. The maximum atomic E-state index is 12.4. The van der Waals surface area contributed by atoms with Gasteiger partial charge in [0.15, 0.2) is 0 Å². The molecule has 0 spiro atoms. The van der Waals surface area contributed by atoms with E-state index < -0.39 is 6.04 Å². The molecule has 23 heavy (non-hydrogen) atoms. The van der Waals surface area contributed by atoms with E-state index in [1.54, 1.807) is 36.7 Å². The lowest BCUT2D eigenvalue weighted by molar-refractivity contribution is -0.109. The molecule has 2 rings (SSSR count). The van der Waals surface area contributed by atoms with E-state index in [9.17, 15) is 9.59 Å². The highest BCUT2D eigenvalue weighted by Crippen LogP contribution is 2.19. The number of hydrogen-bond donors (Lipinski definition) is 1. The van der Waals surface area contributed by atoms with Gasteiger partial charge in [0.1, 0.15) is 18.6 Å². The highest BCUT2D eigenvalue weighted by molar-refractivity contribution is 5.98. The number of para-hydroxylation sites is 1. The first-order valence-corrected chi connectivity index (χ1v) is 7.61. The van der Waals surface area contributed by atoms with E-state index in [1.165, 1.54) is 0 Å². The van der Waals surface area contributed by atoms with E-state index in [2.05, 4.69) is 10.3 Å². The molecule has 0 saturated carbocycles. The number of carbonyl (C=O) groups is 2. The van der Waals surface area contributed by atoms with Crippen LogP contribution in [0, 0.1) is 0 Å². The van der Waals surface area contributed by atoms with Gasteiger partial charge in [-0.2, -0.15) is 0 Å². The fourth-order valence-corrected chi connectivity index (χ4v) is 2.16. The van der Waals surface area contributed by atoms with Crippen molar-refractivity contribution in [2.45, 2.75) is 32.4 Å². The number of nitrogens with one attached hydrogen (secondary N) is 1. The quantitative estimate of drug-likeness (QED) is 0.761. The van der Waals surface area contributed by atoms with Crippen LogP contribution in [0.15, 0.2) is 48.8 Å². The van der Waals surface area contributed by atoms with Gasteiger partial charge in [0, 0.05) is 18.0 Å². The van der Waals surface area contributed by atoms with Crippen molar-refractivity contribution in [2.75, 3.05) is 0 Å².